The van der Waals surface area contributed by atoms with Crippen LogP contribution in [-0.2, 0) is 0 Å². The Morgan fingerprint density at radius 2 is 1.53 bits per heavy atom. The first-order valence-electron chi connectivity index (χ1n) is 10.1. The van der Waals surface area contributed by atoms with Gasteiger partial charge in [0.15, 0.2) is 5.82 Å². The zero-order valence-electron chi connectivity index (χ0n) is 17.6. The van der Waals surface area contributed by atoms with Crippen molar-refractivity contribution in [3.63, 3.8) is 0 Å². The van der Waals surface area contributed by atoms with Gasteiger partial charge in [-0.3, -0.25) is 9.13 Å². The molecule has 0 aliphatic rings. The maximum Gasteiger partial charge on any atom is 0.168 e. The van der Waals surface area contributed by atoms with Gasteiger partial charge in [0, 0.05) is 11.3 Å². The highest BCUT2D eigenvalue weighted by atomic mass is 15.3. The Hall–Kier alpha value is -3.73. The van der Waals surface area contributed by atoms with Gasteiger partial charge < -0.3 is 0 Å². The summed E-state index contributed by atoms with van der Waals surface area (Å²) >= 11 is 0. The van der Waals surface area contributed by atoms with Crippen molar-refractivity contribution in [2.24, 2.45) is 0 Å². The quantitative estimate of drug-likeness (QED) is 0.406. The van der Waals surface area contributed by atoms with E-state index in [1.165, 1.54) is 16.7 Å². The SMILES string of the molecule is Cc1cc(C)c(-n2cnnc2-c2ccc3c(c2)nc(C)n3-c2ccccc2)c(C)c1. The van der Waals surface area contributed by atoms with Gasteiger partial charge in [-0.1, -0.05) is 35.9 Å². The van der Waals surface area contributed by atoms with Crippen LogP contribution in [0.15, 0.2) is 67.0 Å². The first-order valence-corrected chi connectivity index (χ1v) is 10.1. The number of imidazole rings is 1. The first kappa shape index (κ1) is 18.3. The lowest BCUT2D eigenvalue weighted by atomic mass is 10.0. The minimum atomic E-state index is 0.818. The van der Waals surface area contributed by atoms with Crippen molar-refractivity contribution in [2.45, 2.75) is 27.7 Å². The zero-order chi connectivity index (χ0) is 20.8. The van der Waals surface area contributed by atoms with Gasteiger partial charge in [-0.2, -0.15) is 0 Å². The van der Waals surface area contributed by atoms with E-state index in [1.54, 1.807) is 6.33 Å². The molecule has 5 aromatic rings. The van der Waals surface area contributed by atoms with Crippen LogP contribution in [0, 0.1) is 27.7 Å². The Bertz CT molecular complexity index is 1350. The van der Waals surface area contributed by atoms with Gasteiger partial charge in [-0.25, -0.2) is 4.98 Å². The fourth-order valence-electron chi connectivity index (χ4n) is 4.39. The lowest BCUT2D eigenvalue weighted by molar-refractivity contribution is 1.00. The Kier molecular flexibility index (Phi) is 4.24. The summed E-state index contributed by atoms with van der Waals surface area (Å²) < 4.78 is 4.25. The molecule has 0 radical (unpaired) electrons. The number of hydrogen-bond acceptors (Lipinski definition) is 3. The number of aryl methyl sites for hydroxylation is 4. The highest BCUT2D eigenvalue weighted by molar-refractivity contribution is 5.83. The van der Waals surface area contributed by atoms with E-state index in [-0.39, 0.29) is 0 Å². The van der Waals surface area contributed by atoms with Crippen molar-refractivity contribution in [3.8, 4) is 22.8 Å². The minimum absolute atomic E-state index is 0.818. The van der Waals surface area contributed by atoms with E-state index in [1.807, 2.05) is 25.1 Å². The van der Waals surface area contributed by atoms with E-state index in [4.69, 9.17) is 4.98 Å². The van der Waals surface area contributed by atoms with E-state index in [0.29, 0.717) is 0 Å². The van der Waals surface area contributed by atoms with Crippen LogP contribution in [0.1, 0.15) is 22.5 Å². The molecular weight excluding hydrogens is 370 g/mol. The summed E-state index contributed by atoms with van der Waals surface area (Å²) in [4.78, 5) is 4.81. The first-order chi connectivity index (χ1) is 14.5. The van der Waals surface area contributed by atoms with Crippen molar-refractivity contribution in [3.05, 3.63) is 89.5 Å². The molecule has 0 saturated heterocycles. The van der Waals surface area contributed by atoms with Crippen molar-refractivity contribution >= 4 is 11.0 Å². The number of aromatic nitrogens is 5. The van der Waals surface area contributed by atoms with Crippen molar-refractivity contribution in [1.82, 2.24) is 24.3 Å². The van der Waals surface area contributed by atoms with E-state index >= 15 is 0 Å². The van der Waals surface area contributed by atoms with Gasteiger partial charge in [0.2, 0.25) is 0 Å². The fraction of sp³-hybridized carbons (Fsp3) is 0.160. The van der Waals surface area contributed by atoms with E-state index in [2.05, 4.69) is 82.6 Å². The second-order valence-corrected chi connectivity index (χ2v) is 7.81. The third kappa shape index (κ3) is 2.90. The van der Waals surface area contributed by atoms with Gasteiger partial charge in [-0.05, 0) is 69.2 Å². The van der Waals surface area contributed by atoms with Crippen LogP contribution in [0.5, 0.6) is 0 Å². The topological polar surface area (TPSA) is 48.5 Å². The molecule has 0 atom stereocenters. The summed E-state index contributed by atoms with van der Waals surface area (Å²) in [5.41, 5.74) is 8.93. The number of hydrogen-bond donors (Lipinski definition) is 0. The normalized spacial score (nSPS) is 11.3. The van der Waals surface area contributed by atoms with E-state index in [9.17, 15) is 0 Å². The summed E-state index contributed by atoms with van der Waals surface area (Å²) in [6.07, 6.45) is 1.79. The Morgan fingerprint density at radius 1 is 0.800 bits per heavy atom. The van der Waals surface area contributed by atoms with Gasteiger partial charge in [-0.15, -0.1) is 10.2 Å². The molecule has 0 N–H and O–H groups in total. The standard InChI is InChI=1S/C25H23N5/c1-16-12-17(2)24(18(3)13-16)29-15-26-28-25(29)20-10-11-23-22(14-20)27-19(4)30(23)21-8-6-5-7-9-21/h5-15H,1-4H3. The van der Waals surface area contributed by atoms with Gasteiger partial charge in [0.1, 0.15) is 12.2 Å². The molecule has 0 saturated carbocycles. The second-order valence-electron chi connectivity index (χ2n) is 7.81. The molecule has 0 fully saturated rings. The summed E-state index contributed by atoms with van der Waals surface area (Å²) in [7, 11) is 0. The molecule has 5 heteroatoms. The third-order valence-corrected chi connectivity index (χ3v) is 5.52. The largest absolute Gasteiger partial charge is 0.297 e. The molecule has 148 valence electrons. The van der Waals surface area contributed by atoms with Gasteiger partial charge in [0.05, 0.1) is 16.7 Å². The molecule has 0 spiro atoms. The number of nitrogens with zero attached hydrogens (tertiary/aromatic N) is 5. The minimum Gasteiger partial charge on any atom is -0.297 e. The molecule has 2 heterocycles. The summed E-state index contributed by atoms with van der Waals surface area (Å²) in [5, 5.41) is 8.66. The number of rotatable bonds is 3. The van der Waals surface area contributed by atoms with E-state index in [0.717, 1.165) is 39.6 Å². The summed E-state index contributed by atoms with van der Waals surface area (Å²) in [6, 6.07) is 21.0. The zero-order valence-corrected chi connectivity index (χ0v) is 17.6. The third-order valence-electron chi connectivity index (χ3n) is 5.52. The highest BCUT2D eigenvalue weighted by Gasteiger charge is 2.16. The molecule has 0 aliphatic heterocycles. The van der Waals surface area contributed by atoms with Crippen LogP contribution in [0.3, 0.4) is 0 Å². The monoisotopic (exact) mass is 393 g/mol. The fourth-order valence-corrected chi connectivity index (χ4v) is 4.39. The Balaban J connectivity index is 1.66. The molecule has 0 amide bonds. The van der Waals surface area contributed by atoms with Gasteiger partial charge >= 0.3 is 0 Å². The predicted octanol–water partition coefficient (Wildman–Crippen LogP) is 5.51. The molecule has 0 bridgehead atoms. The van der Waals surface area contributed by atoms with Crippen LogP contribution in [0.4, 0.5) is 0 Å². The number of benzene rings is 3. The maximum atomic E-state index is 4.81. The molecule has 30 heavy (non-hydrogen) atoms. The Morgan fingerprint density at radius 3 is 2.27 bits per heavy atom. The number of fused-ring (bicyclic) bond motifs is 1. The molecule has 3 aromatic carbocycles. The van der Waals surface area contributed by atoms with Crippen LogP contribution >= 0.6 is 0 Å². The highest BCUT2D eigenvalue weighted by Crippen LogP contribution is 2.29. The molecule has 0 unspecified atom stereocenters. The average molecular weight is 393 g/mol. The lowest BCUT2D eigenvalue weighted by Crippen LogP contribution is -2.02. The summed E-state index contributed by atoms with van der Waals surface area (Å²) in [5.74, 6) is 1.78. The van der Waals surface area contributed by atoms with Gasteiger partial charge in [0.25, 0.3) is 0 Å². The van der Waals surface area contributed by atoms with E-state index < -0.39 is 0 Å². The predicted molar refractivity (Wildman–Crippen MR) is 120 cm³/mol. The summed E-state index contributed by atoms with van der Waals surface area (Å²) in [6.45, 7) is 8.42. The maximum absolute atomic E-state index is 4.81. The van der Waals surface area contributed by atoms with Crippen molar-refractivity contribution in [1.29, 1.82) is 0 Å². The van der Waals surface area contributed by atoms with Crippen LogP contribution in [0.25, 0.3) is 33.8 Å². The molecule has 5 nitrogen and oxygen atoms in total. The molecule has 0 aliphatic carbocycles. The lowest BCUT2D eigenvalue weighted by Gasteiger charge is -2.14. The molecule has 5 rings (SSSR count). The van der Waals surface area contributed by atoms with Crippen LogP contribution in [0.2, 0.25) is 0 Å². The second kappa shape index (κ2) is 6.95. The average Bonchev–Trinajstić information content (AvgIpc) is 3.31. The van der Waals surface area contributed by atoms with Crippen molar-refractivity contribution < 1.29 is 0 Å². The molecule has 2 aromatic heterocycles. The smallest absolute Gasteiger partial charge is 0.168 e. The van der Waals surface area contributed by atoms with Crippen molar-refractivity contribution in [2.75, 3.05) is 0 Å². The Labute approximate surface area is 175 Å². The number of para-hydroxylation sites is 1. The molecular formula is C25H23N5. The van der Waals surface area contributed by atoms with Crippen LogP contribution < -0.4 is 0 Å². The van der Waals surface area contributed by atoms with Crippen LogP contribution in [-0.4, -0.2) is 24.3 Å².